The number of benzene rings is 17. The van der Waals surface area contributed by atoms with Gasteiger partial charge in [0.05, 0.1) is 37.3 Å². The minimum atomic E-state index is -1.97. The molecule has 10 N–H and O–H groups in total. The van der Waals surface area contributed by atoms with Gasteiger partial charge in [-0.1, -0.05) is 0 Å². The van der Waals surface area contributed by atoms with Gasteiger partial charge in [0.25, 0.3) is 0 Å². The summed E-state index contributed by atoms with van der Waals surface area (Å²) in [5, 5.41) is 166. The van der Waals surface area contributed by atoms with Crippen LogP contribution in [0.3, 0.4) is 0 Å². The summed E-state index contributed by atoms with van der Waals surface area (Å²) in [6.07, 6.45) is -15.3. The molecule has 28 aromatic rings. The van der Waals surface area contributed by atoms with Crippen LogP contribution >= 0.6 is 0 Å². The van der Waals surface area contributed by atoms with Crippen LogP contribution in [-0.4, -0.2) is 154 Å². The highest BCUT2D eigenvalue weighted by Gasteiger charge is 3.00. The fourth-order valence-electron chi connectivity index (χ4n) is 28.7. The van der Waals surface area contributed by atoms with Crippen LogP contribution in [0.15, 0.2) is 0 Å². The average molecular weight is 1230 g/mol. The van der Waals surface area contributed by atoms with E-state index in [-0.39, 0.29) is 26.3 Å². The molecule has 2 saturated heterocycles. The highest BCUT2D eigenvalue weighted by Crippen LogP contribution is 2.96. The summed E-state index contributed by atoms with van der Waals surface area (Å²) in [7, 11) is 0. The third-order valence-corrected chi connectivity index (χ3v) is 30.1. The van der Waals surface area contributed by atoms with Crippen molar-refractivity contribution in [2.24, 2.45) is 5.41 Å². The predicted molar refractivity (Wildman–Crippen MR) is 362 cm³/mol. The minimum Gasteiger partial charge on any atom is -0.394 e. The van der Waals surface area contributed by atoms with Crippen molar-refractivity contribution in [1.29, 1.82) is 0 Å². The Hall–Kier alpha value is -9.08. The number of nitrogens with one attached hydrogen (secondary N) is 2. The summed E-state index contributed by atoms with van der Waals surface area (Å²) in [6, 6.07) is 0. The lowest BCUT2D eigenvalue weighted by molar-refractivity contribution is -0.300. The van der Waals surface area contributed by atoms with Crippen LogP contribution in [0.1, 0.15) is 22.3 Å². The molecule has 95 heavy (non-hydrogen) atoms. The first-order valence-corrected chi connectivity index (χ1v) is 33.8. The maximum Gasteiger partial charge on any atom is 0.238 e. The number of aliphatic hydroxyl groups excluding tert-OH is 8. The zero-order chi connectivity index (χ0) is 60.4. The molecular formula is C79H32N2O14. The average Bonchev–Trinajstić information content (AvgIpc) is 1.35. The van der Waals surface area contributed by atoms with Gasteiger partial charge in [-0.2, -0.15) is 0 Å². The summed E-state index contributed by atoms with van der Waals surface area (Å²) >= 11 is 0. The molecule has 0 radical (unpaired) electrons. The molecule has 35 rings (SSSR count). The van der Waals surface area contributed by atoms with Crippen LogP contribution in [0.5, 0.6) is 0 Å². The molecule has 2 aliphatic heterocycles. The molecule has 442 valence electrons. The molecule has 2 amide bonds. The quantitative estimate of drug-likeness (QED) is 0.0311. The molecule has 1 saturated carbocycles. The summed E-state index contributed by atoms with van der Waals surface area (Å²) < 4.78 is 24.1. The number of carbonyl (C=O) groups is 2. The van der Waals surface area contributed by atoms with Crippen molar-refractivity contribution in [3.63, 3.8) is 0 Å². The van der Waals surface area contributed by atoms with Gasteiger partial charge in [-0.3, -0.25) is 9.59 Å². The van der Waals surface area contributed by atoms with E-state index in [2.05, 4.69) is 10.6 Å². The van der Waals surface area contributed by atoms with Gasteiger partial charge in [-0.05, 0) is 313 Å². The summed E-state index contributed by atoms with van der Waals surface area (Å²) in [5.74, 6) is -0.977. The molecular weight excluding hydrogens is 1200 g/mol. The van der Waals surface area contributed by atoms with Crippen molar-refractivity contribution in [2.45, 2.75) is 72.2 Å². The van der Waals surface area contributed by atoms with Crippen molar-refractivity contribution in [3.05, 3.63) is 22.3 Å². The molecule has 0 bridgehead atoms. The third kappa shape index (κ3) is 2.88. The first kappa shape index (κ1) is 43.8. The monoisotopic (exact) mass is 1230 g/mol. The van der Waals surface area contributed by atoms with Crippen molar-refractivity contribution >= 4 is 303 Å². The standard InChI is InChI=1S/C79H32N2O14/c82-5-7-67(84)69(86)71(88)73(94-7)92-3-1-80-75(90)79(76(91)81-2-4-93-74-72(89)70(87)68(85)8(6-83)95-74)77-63-56-49-37-29-20-11-9-10-12-15(11)24-31(29)39-40-32(24)30-21(12)23-19-14(10)17-16-13(9)18-22(20)35(37)43-41-27(18)25(16)33-34-26(17)28(19)42-44-36(23)38(30)50-52(40)61(60(63)51(39)49)64-57(50)55(44)59-48(42)46(34)53-45(33)47(41)58(54(43)56)65(77)62(53)66(59)78(64,77)79/h7-8,67-74,82-89H,1-6H2,(H,80,90)(H,81,91)/t7-,8-,67-,68-,69+,70+,71+,72+,73+,74+,77?,78?/m1/s1. The smallest absolute Gasteiger partial charge is 0.238 e. The number of rotatable bonds is 12. The Kier molecular flexibility index (Phi) is 5.17. The summed E-state index contributed by atoms with van der Waals surface area (Å²) in [5.41, 5.74) is -0.308. The Balaban J connectivity index is 0.779. The molecule has 16 heteroatoms. The predicted octanol–water partition coefficient (Wildman–Crippen LogP) is 9.16. The molecule has 16 nitrogen and oxygen atoms in total. The van der Waals surface area contributed by atoms with Crippen LogP contribution in [0.2, 0.25) is 0 Å². The Morgan fingerprint density at radius 2 is 0.474 bits per heavy atom. The number of hydrogen-bond acceptors (Lipinski definition) is 14. The topological polar surface area (TPSA) is 257 Å². The normalized spacial score (nSPS) is 30.8. The maximum absolute atomic E-state index is 17.8. The Labute approximate surface area is 519 Å². The zero-order valence-electron chi connectivity index (χ0n) is 48.5. The van der Waals surface area contributed by atoms with Crippen LogP contribution in [0.25, 0.3) is 291 Å². The van der Waals surface area contributed by atoms with E-state index in [4.69, 9.17) is 18.9 Å². The molecule has 2 unspecified atom stereocenters. The molecule has 2 heterocycles. The van der Waals surface area contributed by atoms with Crippen molar-refractivity contribution in [1.82, 2.24) is 10.6 Å². The van der Waals surface area contributed by atoms with E-state index in [9.17, 15) is 40.9 Å². The molecule has 28 aromatic carbocycles. The molecule has 7 aliphatic rings. The number of amides is 2. The highest BCUT2D eigenvalue weighted by atomic mass is 16.7. The first-order valence-electron chi connectivity index (χ1n) is 33.8. The highest BCUT2D eigenvalue weighted by molar-refractivity contribution is 6.82. The van der Waals surface area contributed by atoms with Crippen molar-refractivity contribution in [2.75, 3.05) is 39.5 Å². The molecule has 0 aromatic heterocycles. The molecule has 5 aliphatic carbocycles. The summed E-state index contributed by atoms with van der Waals surface area (Å²) in [6.45, 7) is -2.08. The van der Waals surface area contributed by atoms with Gasteiger partial charge in [0, 0.05) is 13.1 Å². The largest absolute Gasteiger partial charge is 0.394 e. The molecule has 2 spiro atoms. The van der Waals surface area contributed by atoms with E-state index in [1.165, 1.54) is 291 Å². The SMILES string of the molecule is O=C(NCCO[C@H]1O[C@H](CO)[C@@H](O)[C@H](O)[C@@H]1O)C1(C(=O)NCCO[C@H]2O[C@H](CO)[C@@H](O)[C@H](O)[C@@H]2O)C23c4c5c6c7c8c9c(c%10c%11c2c2c%12c4c4c%13c5c5c7c7c8c8c%14c9c%10c9c%10c%11c2c2c%11c%12c4c4c%12c%13c5c5c7c7c8c8c%14c9c9c%10c2c2c%11c4c4c%12c5c7c5c8c9c2c45)C613. The number of ether oxygens (including phenoxy) is 4. The first-order chi connectivity index (χ1) is 46.6. The minimum absolute atomic E-state index is 0.158. The third-order valence-electron chi connectivity index (χ3n) is 30.1. The van der Waals surface area contributed by atoms with Crippen LogP contribution < -0.4 is 10.6 Å². The fourth-order valence-corrected chi connectivity index (χ4v) is 28.7. The van der Waals surface area contributed by atoms with Gasteiger partial charge in [-0.15, -0.1) is 0 Å². The van der Waals surface area contributed by atoms with Gasteiger partial charge in [-0.25, -0.2) is 0 Å². The Bertz CT molecular complexity index is 7840. The van der Waals surface area contributed by atoms with E-state index >= 15 is 9.59 Å². The van der Waals surface area contributed by atoms with Gasteiger partial charge < -0.3 is 70.4 Å². The van der Waals surface area contributed by atoms with E-state index < -0.39 is 103 Å². The van der Waals surface area contributed by atoms with Crippen molar-refractivity contribution in [3.8, 4) is 0 Å². The summed E-state index contributed by atoms with van der Waals surface area (Å²) in [4.78, 5) is 35.6. The van der Waals surface area contributed by atoms with Gasteiger partial charge >= 0.3 is 0 Å². The van der Waals surface area contributed by atoms with E-state index in [0.29, 0.717) is 0 Å². The lowest BCUT2D eigenvalue weighted by Crippen LogP contribution is -2.59. The van der Waals surface area contributed by atoms with Gasteiger partial charge in [0.2, 0.25) is 11.8 Å². The molecule has 3 fully saturated rings. The van der Waals surface area contributed by atoms with Crippen LogP contribution in [0.4, 0.5) is 0 Å². The van der Waals surface area contributed by atoms with E-state index in [1.54, 1.807) is 0 Å². The van der Waals surface area contributed by atoms with E-state index in [0.717, 1.165) is 22.3 Å². The van der Waals surface area contributed by atoms with Gasteiger partial charge in [0.15, 0.2) is 18.0 Å². The van der Waals surface area contributed by atoms with Crippen LogP contribution in [0, 0.1) is 5.41 Å². The second kappa shape index (κ2) is 11.2. The van der Waals surface area contributed by atoms with Gasteiger partial charge in [0.1, 0.15) is 48.8 Å². The second-order valence-electron chi connectivity index (χ2n) is 31.6. The Morgan fingerprint density at radius 3 is 0.705 bits per heavy atom. The maximum atomic E-state index is 17.8. The Morgan fingerprint density at radius 1 is 0.284 bits per heavy atom. The van der Waals surface area contributed by atoms with Crippen LogP contribution in [-0.2, 0) is 39.4 Å². The van der Waals surface area contributed by atoms with E-state index in [1.807, 2.05) is 0 Å². The molecule has 12 atom stereocenters. The lowest BCUT2D eigenvalue weighted by atomic mass is 9.69. The number of aliphatic hydroxyl groups is 8. The fraction of sp³-hybridized carbons (Fsp3) is 0.241. The lowest BCUT2D eigenvalue weighted by Gasteiger charge is -2.39. The second-order valence-corrected chi connectivity index (χ2v) is 31.6. The number of carbonyl (C=O) groups excluding carboxylic acids is 2. The number of hydrogen-bond donors (Lipinski definition) is 10. The van der Waals surface area contributed by atoms with Crippen molar-refractivity contribution < 1.29 is 69.4 Å². The zero-order valence-corrected chi connectivity index (χ0v) is 48.5.